The van der Waals surface area contributed by atoms with Gasteiger partial charge in [-0.3, -0.25) is 20.3 Å². The number of hydrogen-bond donors (Lipinski definition) is 13. The summed E-state index contributed by atoms with van der Waals surface area (Å²) in [7, 11) is 0. The molecule has 0 radical (unpaired) electrons. The molecule has 2 atom stereocenters. The van der Waals surface area contributed by atoms with Crippen LogP contribution in [0.5, 0.6) is 0 Å². The van der Waals surface area contributed by atoms with E-state index in [1.54, 1.807) is 62.4 Å². The Kier molecular flexibility index (Phi) is 13.9. The van der Waals surface area contributed by atoms with E-state index in [0.717, 1.165) is 22.5 Å². The van der Waals surface area contributed by atoms with Gasteiger partial charge in [-0.1, -0.05) is 47.5 Å². The lowest BCUT2D eigenvalue weighted by Crippen LogP contribution is -2.42. The van der Waals surface area contributed by atoms with E-state index in [2.05, 4.69) is 50.8 Å². The van der Waals surface area contributed by atoms with Gasteiger partial charge in [0.2, 0.25) is 0 Å². The van der Waals surface area contributed by atoms with Crippen LogP contribution in [-0.4, -0.2) is 70.3 Å². The summed E-state index contributed by atoms with van der Waals surface area (Å²) < 4.78 is 0. The fourth-order valence-electron chi connectivity index (χ4n) is 5.42. The SMILES string of the molecule is Cc1[nH]c(C(N=C(N)N)NC(=O)c2ccc(-c3ccc(Cl)cc3)[nH]2)nc1CO.Cc1[nH]c(C(NCC(=N)N)NC(=O)c2ccc(-c3ccc(Cl)cc3)[nH]2)nc1CO. The number of nitrogens with one attached hydrogen (secondary N) is 8. The maximum Gasteiger partial charge on any atom is 0.269 e. The molecule has 2 aromatic carbocycles. The number of benzene rings is 2. The maximum absolute atomic E-state index is 12.8. The molecule has 16 N–H and O–H groups in total. The lowest BCUT2D eigenvalue weighted by molar-refractivity contribution is 0.0918. The molecule has 0 spiro atoms. The number of aliphatic hydroxyl groups excluding tert-OH is 2. The topological polar surface area (TPSA) is 314 Å². The molecular weight excluding hydrogens is 775 g/mol. The highest BCUT2D eigenvalue weighted by Gasteiger charge is 2.22. The number of aromatic nitrogens is 6. The van der Waals surface area contributed by atoms with Crippen molar-refractivity contribution in [2.75, 3.05) is 6.54 Å². The number of halogens is 2. The van der Waals surface area contributed by atoms with E-state index in [1.165, 1.54) is 0 Å². The summed E-state index contributed by atoms with van der Waals surface area (Å²) in [5.74, 6) is -0.364. The van der Waals surface area contributed by atoms with Gasteiger partial charge in [-0.05, 0) is 73.5 Å². The number of carbonyl (C=O) groups excluding carboxylic acids is 2. The van der Waals surface area contributed by atoms with Crippen molar-refractivity contribution in [2.45, 2.75) is 39.4 Å². The van der Waals surface area contributed by atoms with Crippen LogP contribution in [-0.2, 0) is 13.2 Å². The zero-order valence-electron chi connectivity index (χ0n) is 30.7. The molecule has 0 aliphatic carbocycles. The van der Waals surface area contributed by atoms with Crippen LogP contribution in [0, 0.1) is 19.3 Å². The lowest BCUT2D eigenvalue weighted by atomic mass is 10.2. The van der Waals surface area contributed by atoms with Gasteiger partial charge in [-0.15, -0.1) is 0 Å². The number of nitrogens with zero attached hydrogens (tertiary/aromatic N) is 3. The number of aliphatic hydroxyl groups is 2. The van der Waals surface area contributed by atoms with E-state index >= 15 is 0 Å². The molecule has 0 aliphatic heterocycles. The van der Waals surface area contributed by atoms with E-state index in [1.807, 2.05) is 24.3 Å². The molecule has 0 saturated heterocycles. The Morgan fingerprint density at radius 2 is 1.18 bits per heavy atom. The van der Waals surface area contributed by atoms with Gasteiger partial charge in [0, 0.05) is 32.8 Å². The second-order valence-corrected chi connectivity index (χ2v) is 13.4. The molecule has 0 saturated carbocycles. The van der Waals surface area contributed by atoms with Crippen LogP contribution < -0.4 is 33.2 Å². The van der Waals surface area contributed by atoms with Gasteiger partial charge in [0.25, 0.3) is 11.8 Å². The van der Waals surface area contributed by atoms with Crippen LogP contribution in [0.25, 0.3) is 22.5 Å². The first kappa shape index (κ1) is 41.7. The van der Waals surface area contributed by atoms with Crippen molar-refractivity contribution in [3.05, 3.63) is 129 Å². The highest BCUT2D eigenvalue weighted by atomic mass is 35.5. The van der Waals surface area contributed by atoms with Gasteiger partial charge >= 0.3 is 0 Å². The van der Waals surface area contributed by atoms with Crippen molar-refractivity contribution in [2.24, 2.45) is 22.2 Å². The van der Waals surface area contributed by atoms with Crippen LogP contribution >= 0.6 is 23.2 Å². The Morgan fingerprint density at radius 1 is 0.719 bits per heavy atom. The highest BCUT2D eigenvalue weighted by molar-refractivity contribution is 6.30. The second-order valence-electron chi connectivity index (χ2n) is 12.5. The molecule has 6 aromatic rings. The second kappa shape index (κ2) is 18.9. The van der Waals surface area contributed by atoms with Crippen LogP contribution in [0.1, 0.15) is 67.7 Å². The Hall–Kier alpha value is -6.44. The molecule has 6 rings (SSSR count). The summed E-state index contributed by atoms with van der Waals surface area (Å²) in [4.78, 5) is 50.1. The number of aryl methyl sites for hydroxylation is 2. The van der Waals surface area contributed by atoms with Crippen LogP contribution in [0.3, 0.4) is 0 Å². The van der Waals surface area contributed by atoms with Crippen molar-refractivity contribution >= 4 is 46.8 Å². The van der Waals surface area contributed by atoms with Gasteiger partial charge in [-0.25, -0.2) is 15.0 Å². The number of amides is 2. The number of aromatic amines is 4. The number of hydrogen-bond acceptors (Lipinski definition) is 9. The van der Waals surface area contributed by atoms with Crippen molar-refractivity contribution in [1.29, 1.82) is 5.41 Å². The minimum Gasteiger partial charge on any atom is -0.390 e. The third-order valence-corrected chi connectivity index (χ3v) is 8.83. The smallest absolute Gasteiger partial charge is 0.269 e. The third-order valence-electron chi connectivity index (χ3n) is 8.33. The fourth-order valence-corrected chi connectivity index (χ4v) is 5.67. The van der Waals surface area contributed by atoms with Crippen molar-refractivity contribution in [1.82, 2.24) is 45.9 Å². The van der Waals surface area contributed by atoms with Crippen molar-refractivity contribution in [3.8, 4) is 22.5 Å². The Balaban J connectivity index is 0.000000218. The minimum atomic E-state index is -0.932. The number of amidine groups is 1. The first-order chi connectivity index (χ1) is 27.2. The lowest BCUT2D eigenvalue weighted by Gasteiger charge is -2.17. The third kappa shape index (κ3) is 11.1. The van der Waals surface area contributed by atoms with E-state index in [4.69, 9.17) is 45.8 Å². The molecular formula is C37H42Cl2N14O4. The summed E-state index contributed by atoms with van der Waals surface area (Å²) in [5, 5.41) is 35.8. The number of aliphatic imine (C=N–C) groups is 1. The largest absolute Gasteiger partial charge is 0.390 e. The molecule has 0 bridgehead atoms. The normalized spacial score (nSPS) is 11.9. The van der Waals surface area contributed by atoms with E-state index in [0.29, 0.717) is 55.9 Å². The predicted molar refractivity (Wildman–Crippen MR) is 217 cm³/mol. The number of guanidine groups is 1. The van der Waals surface area contributed by atoms with Crippen molar-refractivity contribution < 1.29 is 19.8 Å². The maximum atomic E-state index is 12.8. The standard InChI is InChI=1S/C19H22ClN7O2.C18H20ClN7O2/c1-10-15(9-28)26-18(24-10)17(23-8-16(21)22)27-19(29)14-7-6-13(25-14)11-2-4-12(20)5-3-11;1-9-14(8-27)24-15(22-9)16(26-18(20)21)25-17(28)13-7-6-12(23-13)10-2-4-11(19)5-3-10/h2-7,17,23,25,28H,8-9H2,1H3,(H3,21,22)(H,24,26)(H,27,29);2-7,16,23,27H,8H2,1H3,(H,22,24)(H,25,28)(H4,20,21,26). The van der Waals surface area contributed by atoms with Gasteiger partial charge in [0.1, 0.15) is 29.2 Å². The predicted octanol–water partition coefficient (Wildman–Crippen LogP) is 3.37. The Morgan fingerprint density at radius 3 is 1.61 bits per heavy atom. The molecule has 0 fully saturated rings. The average molecular weight is 818 g/mol. The summed E-state index contributed by atoms with van der Waals surface area (Å²) in [6.45, 7) is 3.11. The zero-order chi connectivity index (χ0) is 41.2. The first-order valence-corrected chi connectivity index (χ1v) is 18.0. The number of nitrogens with two attached hydrogens (primary N) is 3. The molecule has 20 heteroatoms. The van der Waals surface area contributed by atoms with Gasteiger partial charge in [0.05, 0.1) is 31.1 Å². The molecule has 4 aromatic heterocycles. The van der Waals surface area contributed by atoms with E-state index in [9.17, 15) is 19.8 Å². The van der Waals surface area contributed by atoms with Crippen LogP contribution in [0.4, 0.5) is 0 Å². The Labute approximate surface area is 336 Å². The summed E-state index contributed by atoms with van der Waals surface area (Å²) in [6.07, 6.45) is -1.66. The molecule has 57 heavy (non-hydrogen) atoms. The molecule has 2 amide bonds. The van der Waals surface area contributed by atoms with Gasteiger partial charge in [0.15, 0.2) is 17.9 Å². The first-order valence-electron chi connectivity index (χ1n) is 17.2. The highest BCUT2D eigenvalue weighted by Crippen LogP contribution is 2.23. The molecule has 2 unspecified atom stereocenters. The van der Waals surface area contributed by atoms with Crippen LogP contribution in [0.2, 0.25) is 10.0 Å². The fraction of sp³-hybridized carbons (Fsp3) is 0.189. The number of imidazole rings is 2. The number of H-pyrrole nitrogens is 4. The minimum absolute atomic E-state index is 0.0555. The van der Waals surface area contributed by atoms with Gasteiger partial charge < -0.3 is 58.0 Å². The monoisotopic (exact) mass is 816 g/mol. The molecule has 18 nitrogen and oxygen atoms in total. The molecule has 298 valence electrons. The summed E-state index contributed by atoms with van der Waals surface area (Å²) in [6, 6.07) is 21.4. The summed E-state index contributed by atoms with van der Waals surface area (Å²) in [5.41, 5.74) is 22.7. The quantitative estimate of drug-likeness (QED) is 0.0432. The average Bonchev–Trinajstić information content (AvgIpc) is 4.00. The van der Waals surface area contributed by atoms with Crippen molar-refractivity contribution in [3.63, 3.8) is 0 Å². The molecule has 0 aliphatic rings. The van der Waals surface area contributed by atoms with E-state index < -0.39 is 18.2 Å². The zero-order valence-corrected chi connectivity index (χ0v) is 32.3. The molecule has 4 heterocycles. The number of rotatable bonds is 14. The van der Waals surface area contributed by atoms with E-state index in [-0.39, 0.29) is 37.5 Å². The summed E-state index contributed by atoms with van der Waals surface area (Å²) >= 11 is 11.8. The van der Waals surface area contributed by atoms with Gasteiger partial charge in [-0.2, -0.15) is 0 Å². The number of carbonyl (C=O) groups is 2. The van der Waals surface area contributed by atoms with Crippen LogP contribution in [0.15, 0.2) is 77.8 Å². The Bertz CT molecular complexity index is 2340.